The van der Waals surface area contributed by atoms with Gasteiger partial charge in [0.25, 0.3) is 0 Å². The van der Waals surface area contributed by atoms with Crippen molar-refractivity contribution in [2.45, 2.75) is 31.2 Å². The summed E-state index contributed by atoms with van der Waals surface area (Å²) in [5.74, 6) is 0.997. The number of thiazole rings is 1. The van der Waals surface area contributed by atoms with Crippen LogP contribution in [0.3, 0.4) is 0 Å². The van der Waals surface area contributed by atoms with Gasteiger partial charge in [0.2, 0.25) is 10.0 Å². The van der Waals surface area contributed by atoms with Gasteiger partial charge < -0.3 is 10.6 Å². The lowest BCUT2D eigenvalue weighted by molar-refractivity contribution is 0.580. The molecule has 2 aromatic heterocycles. The number of pyridine rings is 1. The molecule has 0 aliphatic rings. The summed E-state index contributed by atoms with van der Waals surface area (Å²) in [5, 5.41) is 9.27. The first-order chi connectivity index (χ1) is 12.4. The average molecular weight is 524 g/mol. The maximum Gasteiger partial charge on any atom is 0.242 e. The summed E-state index contributed by atoms with van der Waals surface area (Å²) in [4.78, 5) is 12.6. The van der Waals surface area contributed by atoms with Crippen molar-refractivity contribution in [2.75, 3.05) is 20.1 Å². The minimum Gasteiger partial charge on any atom is -0.355 e. The van der Waals surface area contributed by atoms with Gasteiger partial charge in [0.15, 0.2) is 5.96 Å². The van der Waals surface area contributed by atoms with Crippen molar-refractivity contribution in [3.05, 3.63) is 40.6 Å². The Hall–Kier alpha value is -1.31. The van der Waals surface area contributed by atoms with Gasteiger partial charge in [0.1, 0.15) is 9.90 Å². The van der Waals surface area contributed by atoms with Crippen LogP contribution >= 0.6 is 35.3 Å². The van der Waals surface area contributed by atoms with Crippen LogP contribution in [0.2, 0.25) is 0 Å². The molecule has 0 aliphatic heterocycles. The van der Waals surface area contributed by atoms with Crippen LogP contribution < -0.4 is 15.4 Å². The van der Waals surface area contributed by atoms with Crippen molar-refractivity contribution in [2.24, 2.45) is 4.99 Å². The SMILES string of the molecule is CN=C(NCCNS(=O)(=O)c1cccnc1)NCc1nc(C(C)C)cs1.I. The number of rotatable bonds is 8. The van der Waals surface area contributed by atoms with Crippen LogP contribution in [0.15, 0.2) is 39.8 Å². The second-order valence-electron chi connectivity index (χ2n) is 5.76. The third kappa shape index (κ3) is 7.68. The summed E-state index contributed by atoms with van der Waals surface area (Å²) in [6.45, 7) is 5.41. The molecule has 2 heterocycles. The van der Waals surface area contributed by atoms with E-state index < -0.39 is 10.0 Å². The number of guanidine groups is 1. The molecule has 0 bridgehead atoms. The van der Waals surface area contributed by atoms with E-state index in [0.717, 1.165) is 10.7 Å². The quantitative estimate of drug-likeness (QED) is 0.211. The zero-order valence-corrected chi connectivity index (χ0v) is 19.4. The number of aromatic nitrogens is 2. The van der Waals surface area contributed by atoms with E-state index in [-0.39, 0.29) is 35.4 Å². The number of hydrogen-bond acceptors (Lipinski definition) is 6. The Kier molecular flexibility index (Phi) is 10.1. The summed E-state index contributed by atoms with van der Waals surface area (Å²) in [6.07, 6.45) is 2.85. The molecule has 0 saturated heterocycles. The smallest absolute Gasteiger partial charge is 0.242 e. The number of halogens is 1. The van der Waals surface area contributed by atoms with Crippen molar-refractivity contribution < 1.29 is 8.42 Å². The second kappa shape index (κ2) is 11.5. The highest BCUT2D eigenvalue weighted by molar-refractivity contribution is 14.0. The van der Waals surface area contributed by atoms with Gasteiger partial charge >= 0.3 is 0 Å². The van der Waals surface area contributed by atoms with Gasteiger partial charge in [-0.3, -0.25) is 9.98 Å². The molecule has 2 aromatic rings. The van der Waals surface area contributed by atoms with E-state index in [1.807, 2.05) is 0 Å². The van der Waals surface area contributed by atoms with E-state index in [0.29, 0.717) is 25.0 Å². The first-order valence-corrected chi connectivity index (χ1v) is 10.6. The Morgan fingerprint density at radius 2 is 2.07 bits per heavy atom. The largest absolute Gasteiger partial charge is 0.355 e. The van der Waals surface area contributed by atoms with E-state index >= 15 is 0 Å². The first-order valence-electron chi connectivity index (χ1n) is 8.21. The topological polar surface area (TPSA) is 108 Å². The average Bonchev–Trinajstić information content (AvgIpc) is 3.11. The molecule has 27 heavy (non-hydrogen) atoms. The van der Waals surface area contributed by atoms with Crippen LogP contribution in [0.5, 0.6) is 0 Å². The predicted octanol–water partition coefficient (Wildman–Crippen LogP) is 1.92. The zero-order chi connectivity index (χ0) is 19.0. The van der Waals surface area contributed by atoms with Crippen molar-refractivity contribution in [3.63, 3.8) is 0 Å². The molecule has 2 rings (SSSR count). The van der Waals surface area contributed by atoms with Gasteiger partial charge in [-0.1, -0.05) is 13.8 Å². The lowest BCUT2D eigenvalue weighted by Gasteiger charge is -2.11. The highest BCUT2D eigenvalue weighted by Gasteiger charge is 2.13. The summed E-state index contributed by atoms with van der Waals surface area (Å²) in [7, 11) is -1.88. The fourth-order valence-corrected chi connectivity index (χ4v) is 3.90. The molecule has 0 amide bonds. The van der Waals surface area contributed by atoms with Crippen LogP contribution in [-0.4, -0.2) is 44.5 Å². The predicted molar refractivity (Wildman–Crippen MR) is 119 cm³/mol. The Labute approximate surface area is 181 Å². The molecule has 0 unspecified atom stereocenters. The second-order valence-corrected chi connectivity index (χ2v) is 8.47. The Morgan fingerprint density at radius 1 is 1.30 bits per heavy atom. The lowest BCUT2D eigenvalue weighted by Crippen LogP contribution is -2.41. The summed E-state index contributed by atoms with van der Waals surface area (Å²) in [6, 6.07) is 3.09. The molecule has 0 fully saturated rings. The fraction of sp³-hybridized carbons (Fsp3) is 0.438. The van der Waals surface area contributed by atoms with Crippen LogP contribution in [0.1, 0.15) is 30.5 Å². The van der Waals surface area contributed by atoms with Crippen LogP contribution in [0, 0.1) is 0 Å². The van der Waals surface area contributed by atoms with Crippen molar-refractivity contribution in [1.29, 1.82) is 0 Å². The van der Waals surface area contributed by atoms with E-state index in [1.165, 1.54) is 18.5 Å². The molecule has 0 atom stereocenters. The molecule has 3 N–H and O–H groups in total. The fourth-order valence-electron chi connectivity index (χ4n) is 2.01. The van der Waals surface area contributed by atoms with E-state index in [2.05, 4.69) is 49.5 Å². The first kappa shape index (κ1) is 23.7. The monoisotopic (exact) mass is 524 g/mol. The maximum absolute atomic E-state index is 12.1. The van der Waals surface area contributed by atoms with Gasteiger partial charge in [0.05, 0.1) is 12.2 Å². The highest BCUT2D eigenvalue weighted by atomic mass is 127. The normalized spacial score (nSPS) is 11.9. The Balaban J connectivity index is 0.00000364. The molecule has 0 radical (unpaired) electrons. The minimum absolute atomic E-state index is 0. The van der Waals surface area contributed by atoms with Gasteiger partial charge in [0, 0.05) is 37.9 Å². The number of hydrogen-bond donors (Lipinski definition) is 3. The van der Waals surface area contributed by atoms with Gasteiger partial charge in [-0.25, -0.2) is 18.1 Å². The molecule has 0 aliphatic carbocycles. The highest BCUT2D eigenvalue weighted by Crippen LogP contribution is 2.17. The van der Waals surface area contributed by atoms with Crippen LogP contribution in [-0.2, 0) is 16.6 Å². The third-order valence-electron chi connectivity index (χ3n) is 3.45. The number of nitrogens with zero attached hydrogens (tertiary/aromatic N) is 3. The summed E-state index contributed by atoms with van der Waals surface area (Å²) < 4.78 is 26.7. The minimum atomic E-state index is -3.55. The number of sulfonamides is 1. The van der Waals surface area contributed by atoms with E-state index in [4.69, 9.17) is 0 Å². The van der Waals surface area contributed by atoms with Gasteiger partial charge in [-0.15, -0.1) is 35.3 Å². The Bertz CT molecular complexity index is 824. The van der Waals surface area contributed by atoms with E-state index in [1.54, 1.807) is 24.5 Å². The van der Waals surface area contributed by atoms with E-state index in [9.17, 15) is 8.42 Å². The molecule has 150 valence electrons. The molecule has 8 nitrogen and oxygen atoms in total. The number of aliphatic imine (C=N–C) groups is 1. The van der Waals surface area contributed by atoms with Gasteiger partial charge in [-0.2, -0.15) is 0 Å². The molecule has 0 spiro atoms. The zero-order valence-electron chi connectivity index (χ0n) is 15.5. The van der Waals surface area contributed by atoms with Crippen molar-refractivity contribution in [3.8, 4) is 0 Å². The Morgan fingerprint density at radius 3 is 2.67 bits per heavy atom. The van der Waals surface area contributed by atoms with Crippen LogP contribution in [0.25, 0.3) is 0 Å². The molecule has 11 heteroatoms. The lowest BCUT2D eigenvalue weighted by atomic mass is 10.2. The molecule has 0 aromatic carbocycles. The third-order valence-corrected chi connectivity index (χ3v) is 5.76. The molecular weight excluding hydrogens is 499 g/mol. The standard InChI is InChI=1S/C16H24N6O2S2.HI/c1-12(2)14-11-25-15(22-14)10-20-16(17-3)19-7-8-21-26(23,24)13-5-4-6-18-9-13;/h4-6,9,11-12,21H,7-8,10H2,1-3H3,(H2,17,19,20);1H. The molecule has 0 saturated carbocycles. The van der Waals surface area contributed by atoms with Gasteiger partial charge in [-0.05, 0) is 18.1 Å². The van der Waals surface area contributed by atoms with Crippen molar-refractivity contribution in [1.82, 2.24) is 25.3 Å². The summed E-state index contributed by atoms with van der Waals surface area (Å²) in [5.41, 5.74) is 1.08. The summed E-state index contributed by atoms with van der Waals surface area (Å²) >= 11 is 1.61. The van der Waals surface area contributed by atoms with Crippen LogP contribution in [0.4, 0.5) is 0 Å². The van der Waals surface area contributed by atoms with Crippen molar-refractivity contribution >= 4 is 51.3 Å². The molecular formula is C16H25IN6O2S2. The maximum atomic E-state index is 12.1. The number of nitrogens with one attached hydrogen (secondary N) is 3.